The Morgan fingerprint density at radius 2 is 1.21 bits per heavy atom. The molecule has 0 amide bonds. The summed E-state index contributed by atoms with van der Waals surface area (Å²) in [6.07, 6.45) is 0.650. The molecule has 1 nitrogen and oxygen atoms in total. The lowest BCUT2D eigenvalue weighted by Gasteiger charge is -2.55. The van der Waals surface area contributed by atoms with Crippen molar-refractivity contribution in [2.24, 2.45) is 5.41 Å². The highest BCUT2D eigenvalue weighted by Crippen LogP contribution is 2.58. The van der Waals surface area contributed by atoms with Gasteiger partial charge in [0.15, 0.2) is 0 Å². The van der Waals surface area contributed by atoms with E-state index < -0.39 is 5.41 Å². The fourth-order valence-corrected chi connectivity index (χ4v) is 3.58. The van der Waals surface area contributed by atoms with Crippen molar-refractivity contribution in [1.29, 1.82) is 0 Å². The number of Topliss-reactive ketones (excluding diaryl/α,β-unsaturated/α-hetero) is 1. The fourth-order valence-electron chi connectivity index (χ4n) is 3.58. The Morgan fingerprint density at radius 1 is 0.789 bits per heavy atom. The van der Waals surface area contributed by atoms with Crippen molar-refractivity contribution in [2.75, 3.05) is 0 Å². The van der Waals surface area contributed by atoms with Crippen LogP contribution in [-0.4, -0.2) is 5.78 Å². The minimum Gasteiger partial charge on any atom is -0.298 e. The van der Waals surface area contributed by atoms with Crippen molar-refractivity contribution in [3.8, 4) is 0 Å². The highest BCUT2D eigenvalue weighted by molar-refractivity contribution is 6.01. The Morgan fingerprint density at radius 3 is 1.53 bits per heavy atom. The molecule has 0 atom stereocenters. The molecular formula is C18H18O. The Hall–Kier alpha value is -1.89. The van der Waals surface area contributed by atoms with Gasteiger partial charge in [-0.3, -0.25) is 4.79 Å². The first kappa shape index (κ1) is 12.2. The SMILES string of the molecule is CC1(C)CC(=O)C1(c1ccccc1)c1ccccc1. The van der Waals surface area contributed by atoms with Crippen molar-refractivity contribution in [3.05, 3.63) is 71.8 Å². The van der Waals surface area contributed by atoms with Gasteiger partial charge in [0.2, 0.25) is 0 Å². The lowest BCUT2D eigenvalue weighted by atomic mass is 9.45. The Bertz CT molecular complexity index is 557. The van der Waals surface area contributed by atoms with Gasteiger partial charge in [-0.25, -0.2) is 0 Å². The molecule has 0 N–H and O–H groups in total. The first-order chi connectivity index (χ1) is 9.09. The van der Waals surface area contributed by atoms with Crippen LogP contribution in [0.4, 0.5) is 0 Å². The molecule has 96 valence electrons. The van der Waals surface area contributed by atoms with Gasteiger partial charge >= 0.3 is 0 Å². The maximum Gasteiger partial charge on any atom is 0.148 e. The van der Waals surface area contributed by atoms with Crippen LogP contribution in [0.15, 0.2) is 60.7 Å². The van der Waals surface area contributed by atoms with Gasteiger partial charge in [-0.2, -0.15) is 0 Å². The van der Waals surface area contributed by atoms with Crippen LogP contribution in [0.1, 0.15) is 31.4 Å². The number of carbonyl (C=O) groups is 1. The van der Waals surface area contributed by atoms with E-state index in [1.54, 1.807) is 0 Å². The van der Waals surface area contributed by atoms with Crippen molar-refractivity contribution in [2.45, 2.75) is 25.7 Å². The fraction of sp³-hybridized carbons (Fsp3) is 0.278. The quantitative estimate of drug-likeness (QED) is 0.788. The van der Waals surface area contributed by atoms with Crippen LogP contribution in [0.25, 0.3) is 0 Å². The van der Waals surface area contributed by atoms with E-state index in [-0.39, 0.29) is 5.41 Å². The first-order valence-corrected chi connectivity index (χ1v) is 6.73. The van der Waals surface area contributed by atoms with Gasteiger partial charge in [0.1, 0.15) is 5.78 Å². The van der Waals surface area contributed by atoms with Crippen molar-refractivity contribution in [3.63, 3.8) is 0 Å². The third kappa shape index (κ3) is 1.51. The molecular weight excluding hydrogens is 232 g/mol. The number of hydrogen-bond acceptors (Lipinski definition) is 1. The summed E-state index contributed by atoms with van der Waals surface area (Å²) in [7, 11) is 0. The second-order valence-corrected chi connectivity index (χ2v) is 5.97. The largest absolute Gasteiger partial charge is 0.298 e. The summed E-state index contributed by atoms with van der Waals surface area (Å²) in [5.74, 6) is 0.329. The topological polar surface area (TPSA) is 17.1 Å². The molecule has 1 aliphatic rings. The number of benzene rings is 2. The molecule has 1 heteroatoms. The molecule has 0 radical (unpaired) electrons. The standard InChI is InChI=1S/C18H18O/c1-17(2)13-16(19)18(17,14-9-5-3-6-10-14)15-11-7-4-8-12-15/h3-12H,13H2,1-2H3. The summed E-state index contributed by atoms with van der Waals surface area (Å²) in [6.45, 7) is 4.38. The number of ketones is 1. The third-order valence-electron chi connectivity index (χ3n) is 4.45. The maximum atomic E-state index is 12.6. The van der Waals surface area contributed by atoms with Crippen molar-refractivity contribution < 1.29 is 4.79 Å². The zero-order valence-corrected chi connectivity index (χ0v) is 11.4. The van der Waals surface area contributed by atoms with Crippen LogP contribution in [0.5, 0.6) is 0 Å². The molecule has 0 unspecified atom stereocenters. The van der Waals surface area contributed by atoms with E-state index in [1.165, 1.54) is 0 Å². The minimum atomic E-state index is -0.477. The molecule has 1 saturated carbocycles. The molecule has 2 aromatic rings. The van der Waals surface area contributed by atoms with Gasteiger partial charge in [-0.15, -0.1) is 0 Å². The van der Waals surface area contributed by atoms with Gasteiger partial charge in [0, 0.05) is 6.42 Å². The lowest BCUT2D eigenvalue weighted by Crippen LogP contribution is -2.60. The average Bonchev–Trinajstić information content (AvgIpc) is 2.40. The van der Waals surface area contributed by atoms with E-state index in [0.29, 0.717) is 12.2 Å². The van der Waals surface area contributed by atoms with Gasteiger partial charge in [0.25, 0.3) is 0 Å². The van der Waals surface area contributed by atoms with E-state index in [0.717, 1.165) is 11.1 Å². The summed E-state index contributed by atoms with van der Waals surface area (Å²) in [6, 6.07) is 20.4. The molecule has 0 aromatic heterocycles. The number of carbonyl (C=O) groups excluding carboxylic acids is 1. The van der Waals surface area contributed by atoms with Gasteiger partial charge in [-0.05, 0) is 16.5 Å². The first-order valence-electron chi connectivity index (χ1n) is 6.73. The zero-order chi connectivity index (χ0) is 13.5. The van der Waals surface area contributed by atoms with Crippen LogP contribution >= 0.6 is 0 Å². The van der Waals surface area contributed by atoms with Gasteiger partial charge < -0.3 is 0 Å². The van der Waals surface area contributed by atoms with E-state index in [4.69, 9.17) is 0 Å². The molecule has 1 fully saturated rings. The van der Waals surface area contributed by atoms with Crippen LogP contribution in [0.2, 0.25) is 0 Å². The summed E-state index contributed by atoms with van der Waals surface area (Å²) in [4.78, 5) is 12.6. The normalized spacial score (nSPS) is 19.8. The molecule has 19 heavy (non-hydrogen) atoms. The summed E-state index contributed by atoms with van der Waals surface area (Å²) >= 11 is 0. The second kappa shape index (κ2) is 4.06. The van der Waals surface area contributed by atoms with Crippen LogP contribution in [0.3, 0.4) is 0 Å². The Labute approximate surface area is 114 Å². The zero-order valence-electron chi connectivity index (χ0n) is 11.4. The third-order valence-corrected chi connectivity index (χ3v) is 4.45. The Balaban J connectivity index is 2.27. The van der Waals surface area contributed by atoms with Crippen LogP contribution < -0.4 is 0 Å². The maximum absolute atomic E-state index is 12.6. The van der Waals surface area contributed by atoms with Crippen molar-refractivity contribution >= 4 is 5.78 Å². The molecule has 0 saturated heterocycles. The highest BCUT2D eigenvalue weighted by Gasteiger charge is 2.61. The molecule has 2 aromatic carbocycles. The predicted octanol–water partition coefficient (Wildman–Crippen LogP) is 3.97. The second-order valence-electron chi connectivity index (χ2n) is 5.97. The molecule has 0 bridgehead atoms. The lowest BCUT2D eigenvalue weighted by molar-refractivity contribution is -0.141. The average molecular weight is 250 g/mol. The predicted molar refractivity (Wildman–Crippen MR) is 77.1 cm³/mol. The van der Waals surface area contributed by atoms with Crippen LogP contribution in [-0.2, 0) is 10.2 Å². The highest BCUT2D eigenvalue weighted by atomic mass is 16.1. The van der Waals surface area contributed by atoms with Crippen LogP contribution in [0, 0.1) is 5.41 Å². The minimum absolute atomic E-state index is 0.0349. The monoisotopic (exact) mass is 250 g/mol. The van der Waals surface area contributed by atoms with Gasteiger partial charge in [0.05, 0.1) is 5.41 Å². The summed E-state index contributed by atoms with van der Waals surface area (Å²) < 4.78 is 0. The molecule has 0 spiro atoms. The molecule has 0 heterocycles. The van der Waals surface area contributed by atoms with Crippen molar-refractivity contribution in [1.82, 2.24) is 0 Å². The van der Waals surface area contributed by atoms with E-state index >= 15 is 0 Å². The van der Waals surface area contributed by atoms with E-state index in [9.17, 15) is 4.79 Å². The number of rotatable bonds is 2. The smallest absolute Gasteiger partial charge is 0.148 e. The number of hydrogen-bond donors (Lipinski definition) is 0. The van der Waals surface area contributed by atoms with E-state index in [2.05, 4.69) is 38.1 Å². The summed E-state index contributed by atoms with van der Waals surface area (Å²) in [5, 5.41) is 0. The Kier molecular flexibility index (Phi) is 2.60. The summed E-state index contributed by atoms with van der Waals surface area (Å²) in [5.41, 5.74) is 1.72. The molecule has 3 rings (SSSR count). The van der Waals surface area contributed by atoms with E-state index in [1.807, 2.05) is 36.4 Å². The molecule has 1 aliphatic carbocycles. The van der Waals surface area contributed by atoms with Gasteiger partial charge in [-0.1, -0.05) is 74.5 Å². The molecule has 0 aliphatic heterocycles.